The van der Waals surface area contributed by atoms with Gasteiger partial charge in [-0.15, -0.1) is 0 Å². The van der Waals surface area contributed by atoms with Gasteiger partial charge in [0.25, 0.3) is 0 Å². The number of rotatable bonds is 8. The number of hydrogen-bond acceptors (Lipinski definition) is 7. The number of thiazole rings is 1. The SMILES string of the molecule is CC(C)CC(CO)Nc1nc(SCc2ccccc2Cl)nc2[nH]c(=O)sc12. The lowest BCUT2D eigenvalue weighted by atomic mass is 10.0. The number of nitrogens with one attached hydrogen (secondary N) is 2. The molecule has 0 saturated heterocycles. The lowest BCUT2D eigenvalue weighted by Gasteiger charge is -2.19. The second kappa shape index (κ2) is 9.05. The summed E-state index contributed by atoms with van der Waals surface area (Å²) in [4.78, 5) is 23.4. The minimum absolute atomic E-state index is 0.00883. The summed E-state index contributed by atoms with van der Waals surface area (Å²) < 4.78 is 0.671. The number of aliphatic hydroxyl groups is 1. The molecule has 1 unspecified atom stereocenters. The molecule has 2 heterocycles. The standard InChI is InChI=1S/C18H21ClN4O2S2/c1-10(2)7-12(8-24)20-15-14-16(23-18(25)27-14)22-17(21-15)26-9-11-5-3-4-6-13(11)19/h3-6,10,12,24H,7-9H2,1-2H3,(H2,20,21,22,23,25). The number of benzene rings is 1. The fourth-order valence-electron chi connectivity index (χ4n) is 2.69. The third-order valence-electron chi connectivity index (χ3n) is 3.89. The summed E-state index contributed by atoms with van der Waals surface area (Å²) in [5.74, 6) is 1.62. The van der Waals surface area contributed by atoms with Crippen molar-refractivity contribution in [2.45, 2.75) is 37.2 Å². The molecule has 0 aliphatic heterocycles. The molecular weight excluding hydrogens is 404 g/mol. The van der Waals surface area contributed by atoms with Gasteiger partial charge in [-0.2, -0.15) is 0 Å². The highest BCUT2D eigenvalue weighted by atomic mass is 35.5. The van der Waals surface area contributed by atoms with Gasteiger partial charge < -0.3 is 10.4 Å². The zero-order chi connectivity index (χ0) is 19.4. The van der Waals surface area contributed by atoms with Crippen molar-refractivity contribution in [3.05, 3.63) is 44.5 Å². The Morgan fingerprint density at radius 2 is 2.11 bits per heavy atom. The molecule has 144 valence electrons. The van der Waals surface area contributed by atoms with E-state index in [2.05, 4.69) is 34.1 Å². The largest absolute Gasteiger partial charge is 0.394 e. The first-order valence-corrected chi connectivity index (χ1v) is 10.8. The van der Waals surface area contributed by atoms with Crippen LogP contribution in [0.15, 0.2) is 34.2 Å². The third-order valence-corrected chi connectivity index (χ3v) is 6.04. The molecule has 1 aromatic carbocycles. The van der Waals surface area contributed by atoms with Crippen molar-refractivity contribution in [1.82, 2.24) is 15.0 Å². The van der Waals surface area contributed by atoms with E-state index >= 15 is 0 Å². The van der Waals surface area contributed by atoms with E-state index in [0.717, 1.165) is 23.3 Å². The fraction of sp³-hybridized carbons (Fsp3) is 0.389. The first kappa shape index (κ1) is 20.1. The van der Waals surface area contributed by atoms with E-state index in [1.54, 1.807) is 0 Å². The third kappa shape index (κ3) is 5.22. The van der Waals surface area contributed by atoms with E-state index in [1.807, 2.05) is 24.3 Å². The molecule has 0 bridgehead atoms. The van der Waals surface area contributed by atoms with Crippen molar-refractivity contribution in [2.75, 3.05) is 11.9 Å². The van der Waals surface area contributed by atoms with Crippen LogP contribution in [0.2, 0.25) is 5.02 Å². The van der Waals surface area contributed by atoms with Crippen LogP contribution in [0.4, 0.5) is 5.82 Å². The number of aromatic nitrogens is 3. The van der Waals surface area contributed by atoms with Crippen LogP contribution < -0.4 is 10.2 Å². The van der Waals surface area contributed by atoms with Gasteiger partial charge >= 0.3 is 4.87 Å². The van der Waals surface area contributed by atoms with E-state index in [4.69, 9.17) is 11.6 Å². The van der Waals surface area contributed by atoms with Gasteiger partial charge in [-0.1, -0.05) is 66.7 Å². The molecule has 0 aliphatic carbocycles. The number of H-pyrrole nitrogens is 1. The molecule has 0 spiro atoms. The molecule has 3 rings (SSSR count). The highest BCUT2D eigenvalue weighted by molar-refractivity contribution is 7.98. The van der Waals surface area contributed by atoms with Crippen molar-refractivity contribution >= 4 is 50.9 Å². The molecule has 3 aromatic rings. The van der Waals surface area contributed by atoms with Gasteiger partial charge in [0.2, 0.25) is 0 Å². The highest BCUT2D eigenvalue weighted by Gasteiger charge is 2.17. The Kier molecular flexibility index (Phi) is 6.75. The molecule has 0 radical (unpaired) electrons. The predicted octanol–water partition coefficient (Wildman–Crippen LogP) is 4.14. The predicted molar refractivity (Wildman–Crippen MR) is 113 cm³/mol. The summed E-state index contributed by atoms with van der Waals surface area (Å²) in [6, 6.07) is 7.50. The van der Waals surface area contributed by atoms with Crippen LogP contribution in [0.5, 0.6) is 0 Å². The van der Waals surface area contributed by atoms with Crippen molar-refractivity contribution in [1.29, 1.82) is 0 Å². The lowest BCUT2D eigenvalue weighted by Crippen LogP contribution is -2.26. The monoisotopic (exact) mass is 424 g/mol. The van der Waals surface area contributed by atoms with Crippen LogP contribution in [0.3, 0.4) is 0 Å². The second-order valence-electron chi connectivity index (χ2n) is 6.58. The summed E-state index contributed by atoms with van der Waals surface area (Å²) >= 11 is 8.73. The summed E-state index contributed by atoms with van der Waals surface area (Å²) in [7, 11) is 0. The fourth-order valence-corrected chi connectivity index (χ4v) is 4.55. The van der Waals surface area contributed by atoms with Gasteiger partial charge in [-0.25, -0.2) is 9.97 Å². The van der Waals surface area contributed by atoms with Gasteiger partial charge in [0.1, 0.15) is 4.70 Å². The van der Waals surface area contributed by atoms with Crippen LogP contribution >= 0.6 is 34.7 Å². The van der Waals surface area contributed by atoms with Crippen LogP contribution in [0.1, 0.15) is 25.8 Å². The molecule has 27 heavy (non-hydrogen) atoms. The summed E-state index contributed by atoms with van der Waals surface area (Å²) in [6.07, 6.45) is 0.795. The molecule has 0 saturated carbocycles. The van der Waals surface area contributed by atoms with E-state index < -0.39 is 0 Å². The topological polar surface area (TPSA) is 90.9 Å². The number of thioether (sulfide) groups is 1. The van der Waals surface area contributed by atoms with Gasteiger partial charge in [0.15, 0.2) is 16.6 Å². The van der Waals surface area contributed by atoms with Crippen LogP contribution in [0.25, 0.3) is 10.3 Å². The number of aliphatic hydroxyl groups excluding tert-OH is 1. The maximum Gasteiger partial charge on any atom is 0.306 e. The number of fused-ring (bicyclic) bond motifs is 1. The molecule has 0 amide bonds. The average molecular weight is 425 g/mol. The summed E-state index contributed by atoms with van der Waals surface area (Å²) in [6.45, 7) is 4.18. The Morgan fingerprint density at radius 3 is 2.81 bits per heavy atom. The Labute approximate surface area is 170 Å². The normalized spacial score (nSPS) is 12.6. The highest BCUT2D eigenvalue weighted by Crippen LogP contribution is 2.29. The number of anilines is 1. The minimum Gasteiger partial charge on any atom is -0.394 e. The molecule has 6 nitrogen and oxygen atoms in total. The zero-order valence-corrected chi connectivity index (χ0v) is 17.4. The quantitative estimate of drug-likeness (QED) is 0.372. The Hall–Kier alpha value is -1.61. The van der Waals surface area contributed by atoms with E-state index in [9.17, 15) is 9.90 Å². The van der Waals surface area contributed by atoms with E-state index in [0.29, 0.717) is 38.0 Å². The van der Waals surface area contributed by atoms with Gasteiger partial charge in [-0.05, 0) is 24.0 Å². The maximum atomic E-state index is 11.8. The van der Waals surface area contributed by atoms with Crippen molar-refractivity contribution in [2.24, 2.45) is 5.92 Å². The number of aromatic amines is 1. The van der Waals surface area contributed by atoms with E-state index in [-0.39, 0.29) is 17.5 Å². The van der Waals surface area contributed by atoms with Crippen LogP contribution in [-0.2, 0) is 5.75 Å². The Bertz CT molecular complexity index is 973. The number of nitrogens with zero attached hydrogens (tertiary/aromatic N) is 2. The maximum absolute atomic E-state index is 11.8. The number of halogens is 1. The first-order valence-electron chi connectivity index (χ1n) is 8.60. The van der Waals surface area contributed by atoms with Gasteiger partial charge in [0.05, 0.1) is 12.6 Å². The lowest BCUT2D eigenvalue weighted by molar-refractivity contribution is 0.259. The first-order chi connectivity index (χ1) is 13.0. The van der Waals surface area contributed by atoms with E-state index in [1.165, 1.54) is 11.8 Å². The smallest absolute Gasteiger partial charge is 0.306 e. The molecule has 2 aromatic heterocycles. The molecule has 1 atom stereocenters. The van der Waals surface area contributed by atoms with Gasteiger partial charge in [-0.3, -0.25) is 9.78 Å². The Morgan fingerprint density at radius 1 is 1.33 bits per heavy atom. The number of hydrogen-bond donors (Lipinski definition) is 3. The summed E-state index contributed by atoms with van der Waals surface area (Å²) in [5, 5.41) is 14.2. The minimum atomic E-state index is -0.181. The molecule has 3 N–H and O–H groups in total. The van der Waals surface area contributed by atoms with Crippen molar-refractivity contribution < 1.29 is 5.11 Å². The van der Waals surface area contributed by atoms with Crippen molar-refractivity contribution in [3.8, 4) is 0 Å². The van der Waals surface area contributed by atoms with Crippen molar-refractivity contribution in [3.63, 3.8) is 0 Å². The average Bonchev–Trinajstić information content (AvgIpc) is 3.00. The van der Waals surface area contributed by atoms with Crippen LogP contribution in [0, 0.1) is 5.92 Å². The second-order valence-corrected chi connectivity index (χ2v) is 8.91. The summed E-state index contributed by atoms with van der Waals surface area (Å²) in [5.41, 5.74) is 1.50. The zero-order valence-electron chi connectivity index (χ0n) is 15.0. The molecule has 0 fully saturated rings. The van der Waals surface area contributed by atoms with Gasteiger partial charge in [0, 0.05) is 10.8 Å². The molecule has 9 heteroatoms. The van der Waals surface area contributed by atoms with Crippen LogP contribution in [-0.4, -0.2) is 32.7 Å². The Balaban J connectivity index is 1.88. The molecule has 0 aliphatic rings. The molecular formula is C18H21ClN4O2S2.